The molecule has 1 aliphatic rings. The molecule has 94 valence electrons. The van der Waals surface area contributed by atoms with E-state index in [2.05, 4.69) is 20.8 Å². The summed E-state index contributed by atoms with van der Waals surface area (Å²) >= 11 is 0. The SMILES string of the molecule is NNC(c1ccc(OC2CC2)cc1)c1cn[nH]n1. The molecule has 1 heterocycles. The summed E-state index contributed by atoms with van der Waals surface area (Å²) in [5.74, 6) is 6.46. The summed E-state index contributed by atoms with van der Waals surface area (Å²) in [5.41, 5.74) is 4.51. The second kappa shape index (κ2) is 4.75. The molecule has 1 aromatic carbocycles. The third-order valence-corrected chi connectivity index (χ3v) is 2.94. The van der Waals surface area contributed by atoms with Crippen molar-refractivity contribution in [2.24, 2.45) is 5.84 Å². The van der Waals surface area contributed by atoms with Gasteiger partial charge in [0.25, 0.3) is 0 Å². The maximum Gasteiger partial charge on any atom is 0.119 e. The number of hydrazine groups is 1. The van der Waals surface area contributed by atoms with Crippen molar-refractivity contribution < 1.29 is 4.74 Å². The average molecular weight is 245 g/mol. The third-order valence-electron chi connectivity index (χ3n) is 2.94. The van der Waals surface area contributed by atoms with Gasteiger partial charge in [0, 0.05) is 0 Å². The number of rotatable bonds is 5. The molecule has 0 bridgehead atoms. The zero-order chi connectivity index (χ0) is 12.4. The molecule has 6 heteroatoms. The lowest BCUT2D eigenvalue weighted by Crippen LogP contribution is -2.29. The van der Waals surface area contributed by atoms with Gasteiger partial charge < -0.3 is 4.74 Å². The van der Waals surface area contributed by atoms with E-state index in [1.54, 1.807) is 6.20 Å². The number of ether oxygens (including phenoxy) is 1. The van der Waals surface area contributed by atoms with Crippen molar-refractivity contribution in [3.63, 3.8) is 0 Å². The van der Waals surface area contributed by atoms with Gasteiger partial charge in [0.15, 0.2) is 0 Å². The highest BCUT2D eigenvalue weighted by Crippen LogP contribution is 2.28. The summed E-state index contributed by atoms with van der Waals surface area (Å²) in [7, 11) is 0. The van der Waals surface area contributed by atoms with Crippen LogP contribution in [0.2, 0.25) is 0 Å². The minimum atomic E-state index is -0.168. The zero-order valence-corrected chi connectivity index (χ0v) is 9.84. The van der Waals surface area contributed by atoms with Crippen molar-refractivity contribution in [2.45, 2.75) is 25.0 Å². The van der Waals surface area contributed by atoms with Crippen LogP contribution in [0.1, 0.15) is 30.1 Å². The predicted octanol–water partition coefficient (Wildman–Crippen LogP) is 0.899. The molecule has 0 radical (unpaired) electrons. The molecule has 0 saturated heterocycles. The van der Waals surface area contributed by atoms with Gasteiger partial charge in [0.1, 0.15) is 11.4 Å². The average Bonchev–Trinajstić information content (AvgIpc) is 3.05. The van der Waals surface area contributed by atoms with Crippen molar-refractivity contribution in [2.75, 3.05) is 0 Å². The molecule has 0 amide bonds. The number of nitrogens with one attached hydrogen (secondary N) is 2. The topological polar surface area (TPSA) is 88.9 Å². The van der Waals surface area contributed by atoms with Crippen molar-refractivity contribution in [1.29, 1.82) is 0 Å². The van der Waals surface area contributed by atoms with Crippen LogP contribution in [0.4, 0.5) is 0 Å². The molecule has 2 aromatic rings. The van der Waals surface area contributed by atoms with Crippen LogP contribution in [-0.4, -0.2) is 21.5 Å². The highest BCUT2D eigenvalue weighted by atomic mass is 16.5. The fourth-order valence-electron chi connectivity index (χ4n) is 1.82. The number of nitrogens with two attached hydrogens (primary N) is 1. The molecule has 3 rings (SSSR count). The molecule has 6 nitrogen and oxygen atoms in total. The van der Waals surface area contributed by atoms with Crippen LogP contribution in [0.25, 0.3) is 0 Å². The first-order chi connectivity index (χ1) is 8.86. The van der Waals surface area contributed by atoms with Crippen molar-refractivity contribution in [1.82, 2.24) is 20.8 Å². The van der Waals surface area contributed by atoms with Crippen LogP contribution in [-0.2, 0) is 0 Å². The van der Waals surface area contributed by atoms with Gasteiger partial charge in [-0.15, -0.1) is 0 Å². The first kappa shape index (κ1) is 11.2. The van der Waals surface area contributed by atoms with Crippen LogP contribution in [0.15, 0.2) is 30.5 Å². The monoisotopic (exact) mass is 245 g/mol. The Labute approximate surface area is 105 Å². The van der Waals surface area contributed by atoms with E-state index in [0.717, 1.165) is 29.8 Å². The summed E-state index contributed by atoms with van der Waals surface area (Å²) in [4.78, 5) is 0. The molecule has 1 aromatic heterocycles. The van der Waals surface area contributed by atoms with E-state index in [1.165, 1.54) is 0 Å². The lowest BCUT2D eigenvalue weighted by molar-refractivity contribution is 0.303. The highest BCUT2D eigenvalue weighted by molar-refractivity contribution is 5.32. The largest absolute Gasteiger partial charge is 0.490 e. The Morgan fingerprint density at radius 2 is 2.11 bits per heavy atom. The number of aromatic nitrogens is 3. The van der Waals surface area contributed by atoms with Gasteiger partial charge in [0.2, 0.25) is 0 Å². The maximum absolute atomic E-state index is 5.70. The summed E-state index contributed by atoms with van der Waals surface area (Å²) in [6.45, 7) is 0. The third kappa shape index (κ3) is 2.34. The van der Waals surface area contributed by atoms with Crippen molar-refractivity contribution >= 4 is 0 Å². The molecule has 1 fully saturated rings. The molecule has 1 saturated carbocycles. The maximum atomic E-state index is 5.70. The van der Waals surface area contributed by atoms with E-state index >= 15 is 0 Å². The molecule has 0 aliphatic heterocycles. The number of hydrogen-bond acceptors (Lipinski definition) is 5. The van der Waals surface area contributed by atoms with Crippen molar-refractivity contribution in [3.05, 3.63) is 41.7 Å². The van der Waals surface area contributed by atoms with E-state index in [-0.39, 0.29) is 6.04 Å². The molecular formula is C12H15N5O. The van der Waals surface area contributed by atoms with Gasteiger partial charge in [-0.05, 0) is 30.5 Å². The molecule has 0 spiro atoms. The van der Waals surface area contributed by atoms with E-state index in [4.69, 9.17) is 10.6 Å². The molecule has 1 unspecified atom stereocenters. The molecule has 4 N–H and O–H groups in total. The Hall–Kier alpha value is -1.92. The van der Waals surface area contributed by atoms with Gasteiger partial charge in [-0.25, -0.2) is 5.43 Å². The van der Waals surface area contributed by atoms with E-state index in [1.807, 2.05) is 24.3 Å². The number of aromatic amines is 1. The first-order valence-corrected chi connectivity index (χ1v) is 5.95. The second-order valence-corrected chi connectivity index (χ2v) is 4.38. The molecule has 1 atom stereocenters. The van der Waals surface area contributed by atoms with Crippen LogP contribution in [0.5, 0.6) is 5.75 Å². The van der Waals surface area contributed by atoms with Gasteiger partial charge in [-0.2, -0.15) is 15.4 Å². The van der Waals surface area contributed by atoms with Gasteiger partial charge >= 0.3 is 0 Å². The van der Waals surface area contributed by atoms with Gasteiger partial charge in [-0.1, -0.05) is 12.1 Å². The van der Waals surface area contributed by atoms with Crippen LogP contribution < -0.4 is 16.0 Å². The second-order valence-electron chi connectivity index (χ2n) is 4.38. The van der Waals surface area contributed by atoms with E-state index in [0.29, 0.717) is 6.10 Å². The lowest BCUT2D eigenvalue weighted by atomic mass is 10.1. The van der Waals surface area contributed by atoms with Gasteiger partial charge in [-0.3, -0.25) is 5.84 Å². The quantitative estimate of drug-likeness (QED) is 0.538. The Kier molecular flexibility index (Phi) is 2.95. The molecule has 1 aliphatic carbocycles. The minimum absolute atomic E-state index is 0.168. The smallest absolute Gasteiger partial charge is 0.119 e. The van der Waals surface area contributed by atoms with Crippen molar-refractivity contribution in [3.8, 4) is 5.75 Å². The Bertz CT molecular complexity index is 492. The zero-order valence-electron chi connectivity index (χ0n) is 9.84. The number of nitrogens with zero attached hydrogens (tertiary/aromatic N) is 2. The number of benzene rings is 1. The predicted molar refractivity (Wildman–Crippen MR) is 65.6 cm³/mol. The van der Waals surface area contributed by atoms with Crippen LogP contribution in [0, 0.1) is 0 Å². The lowest BCUT2D eigenvalue weighted by Gasteiger charge is -2.14. The Balaban J connectivity index is 1.77. The fraction of sp³-hybridized carbons (Fsp3) is 0.333. The summed E-state index contributed by atoms with van der Waals surface area (Å²) in [6.07, 6.45) is 4.38. The molecule has 18 heavy (non-hydrogen) atoms. The normalized spacial score (nSPS) is 16.5. The van der Waals surface area contributed by atoms with E-state index < -0.39 is 0 Å². The van der Waals surface area contributed by atoms with Crippen LogP contribution >= 0.6 is 0 Å². The fourth-order valence-corrected chi connectivity index (χ4v) is 1.82. The summed E-state index contributed by atoms with van der Waals surface area (Å²) in [6, 6.07) is 7.71. The molecular weight excluding hydrogens is 230 g/mol. The first-order valence-electron chi connectivity index (χ1n) is 5.95. The van der Waals surface area contributed by atoms with Gasteiger partial charge in [0.05, 0.1) is 18.3 Å². The Morgan fingerprint density at radius 1 is 1.33 bits per heavy atom. The van der Waals surface area contributed by atoms with Crippen LogP contribution in [0.3, 0.4) is 0 Å². The standard InChI is InChI=1S/C12H15N5O/c13-15-12(11-7-14-17-16-11)8-1-3-9(4-2-8)18-10-5-6-10/h1-4,7,10,12,15H,5-6,13H2,(H,14,16,17). The number of H-pyrrole nitrogens is 1. The summed E-state index contributed by atoms with van der Waals surface area (Å²) < 4.78 is 5.70. The summed E-state index contributed by atoms with van der Waals surface area (Å²) in [5, 5.41) is 10.4. The highest BCUT2D eigenvalue weighted by Gasteiger charge is 2.23. The van der Waals surface area contributed by atoms with E-state index in [9.17, 15) is 0 Å². The Morgan fingerprint density at radius 3 is 2.67 bits per heavy atom. The minimum Gasteiger partial charge on any atom is -0.490 e. The number of hydrogen-bond donors (Lipinski definition) is 3.